The number of aromatic amines is 1. The summed E-state index contributed by atoms with van der Waals surface area (Å²) in [5.74, 6) is -0.445. The largest absolute Gasteiger partial charge is 0.405 e. The van der Waals surface area contributed by atoms with Crippen molar-refractivity contribution in [1.82, 2.24) is 15.2 Å². The van der Waals surface area contributed by atoms with Crippen LogP contribution in [0.1, 0.15) is 36.9 Å². The summed E-state index contributed by atoms with van der Waals surface area (Å²) in [5, 5.41) is 8.21. The minimum absolute atomic E-state index is 0.0192. The van der Waals surface area contributed by atoms with Crippen LogP contribution in [-0.2, 0) is 16.6 Å². The monoisotopic (exact) mass is 441 g/mol. The molecule has 6 nitrogen and oxygen atoms in total. The van der Waals surface area contributed by atoms with Crippen LogP contribution < -0.4 is 10.3 Å². The molecule has 0 aliphatic rings. The number of thiophene rings is 1. The minimum atomic E-state index is -0.481. The van der Waals surface area contributed by atoms with Crippen molar-refractivity contribution in [3.63, 3.8) is 0 Å². The fourth-order valence-electron chi connectivity index (χ4n) is 3.15. The smallest absolute Gasteiger partial charge is 0.317 e. The Bertz CT molecular complexity index is 1350. The van der Waals surface area contributed by atoms with Crippen LogP contribution in [0.15, 0.2) is 35.1 Å². The van der Waals surface area contributed by atoms with E-state index in [1.807, 2.05) is 6.07 Å². The number of hydrogen-bond donors (Lipinski definition) is 1. The van der Waals surface area contributed by atoms with E-state index in [0.29, 0.717) is 16.1 Å². The van der Waals surface area contributed by atoms with Crippen molar-refractivity contribution >= 4 is 49.9 Å². The van der Waals surface area contributed by atoms with E-state index in [1.165, 1.54) is 4.88 Å². The van der Waals surface area contributed by atoms with Gasteiger partial charge in [0, 0.05) is 25.7 Å². The predicted octanol–water partition coefficient (Wildman–Crippen LogP) is 4.94. The number of nitrogens with one attached hydrogen (secondary N) is 1. The van der Waals surface area contributed by atoms with E-state index in [-0.39, 0.29) is 23.2 Å². The summed E-state index contributed by atoms with van der Waals surface area (Å²) in [5.41, 5.74) is 1.26. The van der Waals surface area contributed by atoms with Crippen molar-refractivity contribution in [1.29, 1.82) is 0 Å². The Morgan fingerprint density at radius 3 is 2.70 bits per heavy atom. The van der Waals surface area contributed by atoms with E-state index in [9.17, 15) is 9.59 Å². The zero-order valence-corrected chi connectivity index (χ0v) is 18.6. The first-order valence-electron chi connectivity index (χ1n) is 9.41. The molecule has 1 aromatic carbocycles. The number of carbonyl (C=O) groups is 1. The number of aryl methyl sites for hydroxylation is 1. The average Bonchev–Trinajstić information content (AvgIpc) is 3.14. The summed E-state index contributed by atoms with van der Waals surface area (Å²) < 4.78 is 6.46. The molecule has 0 saturated heterocycles. The first-order chi connectivity index (χ1) is 14.1. The second kappa shape index (κ2) is 7.49. The van der Waals surface area contributed by atoms with Gasteiger partial charge in [0.1, 0.15) is 5.52 Å². The average molecular weight is 442 g/mol. The van der Waals surface area contributed by atoms with Crippen molar-refractivity contribution < 1.29 is 9.53 Å². The van der Waals surface area contributed by atoms with Gasteiger partial charge in [0.25, 0.3) is 5.56 Å². The van der Waals surface area contributed by atoms with Crippen molar-refractivity contribution in [2.45, 2.75) is 39.5 Å². The van der Waals surface area contributed by atoms with Gasteiger partial charge in [-0.15, -0.1) is 16.4 Å². The maximum atomic E-state index is 12.7. The lowest BCUT2D eigenvalue weighted by Crippen LogP contribution is -2.16. The highest BCUT2D eigenvalue weighted by Gasteiger charge is 2.21. The molecule has 0 saturated carbocycles. The maximum absolute atomic E-state index is 12.7. The van der Waals surface area contributed by atoms with Gasteiger partial charge in [-0.25, -0.2) is 10.1 Å². The van der Waals surface area contributed by atoms with Gasteiger partial charge in [-0.2, -0.15) is 0 Å². The number of fused-ring (bicyclic) bond motifs is 2. The topological polar surface area (TPSA) is 84.9 Å². The van der Waals surface area contributed by atoms with Gasteiger partial charge in [-0.05, 0) is 42.2 Å². The Labute approximate surface area is 181 Å². The van der Waals surface area contributed by atoms with E-state index < -0.39 is 11.5 Å². The molecular weight excluding hydrogens is 422 g/mol. The van der Waals surface area contributed by atoms with Crippen LogP contribution in [0, 0.1) is 6.92 Å². The first kappa shape index (κ1) is 20.5. The SMILES string of the molecule is Cc1ccc2c(OC(=O)Cc3ccc(Cl)c4cc(C(C)(C)C)sc34)n[nH]c(=O)c2n1. The Morgan fingerprint density at radius 1 is 1.20 bits per heavy atom. The molecule has 3 heterocycles. The molecule has 154 valence electrons. The van der Waals surface area contributed by atoms with Crippen LogP contribution in [0.2, 0.25) is 5.02 Å². The van der Waals surface area contributed by atoms with Gasteiger partial charge >= 0.3 is 5.97 Å². The van der Waals surface area contributed by atoms with E-state index in [0.717, 1.165) is 15.6 Å². The van der Waals surface area contributed by atoms with E-state index >= 15 is 0 Å². The standard InChI is InChI=1S/C22H20ClN3O3S/c1-11-5-7-13-18(24-11)20(28)25-26-21(13)29-17(27)9-12-6-8-15(23)14-10-16(22(2,3)4)30-19(12)14/h5-8,10H,9H2,1-4H3,(H,25,28). The highest BCUT2D eigenvalue weighted by Crippen LogP contribution is 2.39. The molecule has 0 spiro atoms. The molecule has 4 aromatic rings. The predicted molar refractivity (Wildman–Crippen MR) is 120 cm³/mol. The highest BCUT2D eigenvalue weighted by molar-refractivity contribution is 7.19. The third kappa shape index (κ3) is 3.82. The van der Waals surface area contributed by atoms with Crippen LogP contribution in [0.3, 0.4) is 0 Å². The molecule has 4 rings (SSSR count). The third-order valence-electron chi connectivity index (χ3n) is 4.74. The summed E-state index contributed by atoms with van der Waals surface area (Å²) in [7, 11) is 0. The van der Waals surface area contributed by atoms with Crippen LogP contribution in [-0.4, -0.2) is 21.2 Å². The Hall–Kier alpha value is -2.77. The zero-order valence-electron chi connectivity index (χ0n) is 17.0. The Morgan fingerprint density at radius 2 is 1.97 bits per heavy atom. The molecule has 0 amide bonds. The molecule has 0 bridgehead atoms. The van der Waals surface area contributed by atoms with Crippen molar-refractivity contribution in [2.75, 3.05) is 0 Å². The summed E-state index contributed by atoms with van der Waals surface area (Å²) in [6.45, 7) is 8.20. The van der Waals surface area contributed by atoms with E-state index in [1.54, 1.807) is 36.5 Å². The number of carbonyl (C=O) groups excluding carboxylic acids is 1. The second-order valence-electron chi connectivity index (χ2n) is 8.17. The first-order valence-corrected chi connectivity index (χ1v) is 10.6. The number of nitrogens with zero attached hydrogens (tertiary/aromatic N) is 2. The fourth-order valence-corrected chi connectivity index (χ4v) is 4.67. The van der Waals surface area contributed by atoms with Gasteiger partial charge in [0.2, 0.25) is 5.88 Å². The number of benzene rings is 1. The lowest BCUT2D eigenvalue weighted by Gasteiger charge is -2.15. The summed E-state index contributed by atoms with van der Waals surface area (Å²) in [6.07, 6.45) is 0.0549. The molecule has 30 heavy (non-hydrogen) atoms. The molecule has 1 N–H and O–H groups in total. The van der Waals surface area contributed by atoms with Gasteiger partial charge in [0.05, 0.1) is 11.8 Å². The van der Waals surface area contributed by atoms with Crippen molar-refractivity contribution in [2.24, 2.45) is 0 Å². The molecule has 0 fully saturated rings. The van der Waals surface area contributed by atoms with Gasteiger partial charge < -0.3 is 4.74 Å². The number of halogens is 1. The molecule has 0 radical (unpaired) electrons. The number of ether oxygens (including phenoxy) is 1. The molecule has 0 aliphatic heterocycles. The number of hydrogen-bond acceptors (Lipinski definition) is 6. The highest BCUT2D eigenvalue weighted by atomic mass is 35.5. The van der Waals surface area contributed by atoms with Crippen LogP contribution in [0.4, 0.5) is 0 Å². The number of pyridine rings is 1. The number of H-pyrrole nitrogens is 1. The molecule has 3 aromatic heterocycles. The second-order valence-corrected chi connectivity index (χ2v) is 9.63. The molecule has 0 atom stereocenters. The van der Waals surface area contributed by atoms with Crippen molar-refractivity contribution in [3.8, 4) is 5.88 Å². The van der Waals surface area contributed by atoms with Crippen molar-refractivity contribution in [3.05, 3.63) is 61.8 Å². The number of rotatable bonds is 3. The summed E-state index contributed by atoms with van der Waals surface area (Å²) >= 11 is 8.03. The summed E-state index contributed by atoms with van der Waals surface area (Å²) in [4.78, 5) is 30.1. The minimum Gasteiger partial charge on any atom is -0.405 e. The van der Waals surface area contributed by atoms with Crippen LogP contribution >= 0.6 is 22.9 Å². The van der Waals surface area contributed by atoms with Gasteiger partial charge in [-0.1, -0.05) is 38.4 Å². The molecular formula is C22H20ClN3O3S. The normalized spacial score (nSPS) is 11.9. The lowest BCUT2D eigenvalue weighted by molar-refractivity contribution is -0.133. The number of esters is 1. The van der Waals surface area contributed by atoms with Crippen LogP contribution in [0.25, 0.3) is 21.0 Å². The van der Waals surface area contributed by atoms with Gasteiger partial charge in [0.15, 0.2) is 0 Å². The number of aromatic nitrogens is 3. The van der Waals surface area contributed by atoms with Crippen LogP contribution in [0.5, 0.6) is 5.88 Å². The maximum Gasteiger partial charge on any atom is 0.317 e. The van der Waals surface area contributed by atoms with E-state index in [4.69, 9.17) is 16.3 Å². The zero-order chi connectivity index (χ0) is 21.6. The Balaban J connectivity index is 1.67. The lowest BCUT2D eigenvalue weighted by atomic mass is 9.94. The Kier molecular flexibility index (Phi) is 5.11. The molecule has 0 aliphatic carbocycles. The van der Waals surface area contributed by atoms with E-state index in [2.05, 4.69) is 42.0 Å². The molecule has 0 unspecified atom stereocenters. The van der Waals surface area contributed by atoms with Gasteiger partial charge in [-0.3, -0.25) is 9.59 Å². The summed E-state index contributed by atoms with van der Waals surface area (Å²) in [6, 6.07) is 9.15. The molecule has 8 heteroatoms. The fraction of sp³-hybridized carbons (Fsp3) is 0.273. The third-order valence-corrected chi connectivity index (χ3v) is 6.70. The quantitative estimate of drug-likeness (QED) is 0.455.